The number of halogens is 2. The molecule has 0 bridgehead atoms. The molecule has 2 aromatic rings. The Morgan fingerprint density at radius 1 is 1.38 bits per heavy atom. The second kappa shape index (κ2) is 6.72. The van der Waals surface area contributed by atoms with E-state index in [1.54, 1.807) is 12.3 Å². The molecular formula is C15H17ClFN3O. The zero-order valence-corrected chi connectivity index (χ0v) is 12.7. The molecule has 21 heavy (non-hydrogen) atoms. The lowest BCUT2D eigenvalue weighted by molar-refractivity contribution is 0.618. The highest BCUT2D eigenvalue weighted by molar-refractivity contribution is 6.31. The monoisotopic (exact) mass is 309 g/mol. The van der Waals surface area contributed by atoms with Crippen LogP contribution in [0.25, 0.3) is 0 Å². The van der Waals surface area contributed by atoms with E-state index in [1.807, 2.05) is 0 Å². The highest BCUT2D eigenvalue weighted by Gasteiger charge is 2.06. The number of rotatable bonds is 5. The minimum absolute atomic E-state index is 0.211. The van der Waals surface area contributed by atoms with Gasteiger partial charge in [-0.25, -0.2) is 9.07 Å². The van der Waals surface area contributed by atoms with E-state index in [2.05, 4.69) is 24.3 Å². The standard InChI is InChI=1S/C15H17ClFN3O/c1-10(2)7-18-13-6-15(21)20(19-8-13)9-11-3-4-12(17)5-14(11)16/h3-6,8,10,18H,7,9H2,1-2H3. The Morgan fingerprint density at radius 3 is 2.76 bits per heavy atom. The lowest BCUT2D eigenvalue weighted by Crippen LogP contribution is -2.23. The van der Waals surface area contributed by atoms with Crippen LogP contribution in [0.5, 0.6) is 0 Å². The fourth-order valence-electron chi connectivity index (χ4n) is 1.78. The van der Waals surface area contributed by atoms with Gasteiger partial charge in [0.05, 0.1) is 18.4 Å². The molecule has 0 aliphatic rings. The molecule has 0 saturated carbocycles. The predicted octanol–water partition coefficient (Wildman–Crippen LogP) is 3.15. The van der Waals surface area contributed by atoms with Crippen LogP contribution in [0.2, 0.25) is 5.02 Å². The molecule has 112 valence electrons. The Hall–Kier alpha value is -1.88. The summed E-state index contributed by atoms with van der Waals surface area (Å²) in [6.45, 7) is 5.15. The Balaban J connectivity index is 2.16. The van der Waals surface area contributed by atoms with Gasteiger partial charge >= 0.3 is 0 Å². The van der Waals surface area contributed by atoms with Gasteiger partial charge in [-0.1, -0.05) is 31.5 Å². The first kappa shape index (κ1) is 15.5. The van der Waals surface area contributed by atoms with Gasteiger partial charge in [0.2, 0.25) is 0 Å². The molecule has 0 atom stereocenters. The van der Waals surface area contributed by atoms with Crippen LogP contribution in [0, 0.1) is 11.7 Å². The summed E-state index contributed by atoms with van der Waals surface area (Å²) in [4.78, 5) is 12.0. The van der Waals surface area contributed by atoms with Gasteiger partial charge in [0.1, 0.15) is 5.82 Å². The van der Waals surface area contributed by atoms with Crippen molar-refractivity contribution in [3.05, 3.63) is 57.2 Å². The minimum Gasteiger partial charge on any atom is -0.383 e. The molecule has 0 fully saturated rings. The maximum absolute atomic E-state index is 13.0. The van der Waals surface area contributed by atoms with Crippen molar-refractivity contribution < 1.29 is 4.39 Å². The molecule has 0 unspecified atom stereocenters. The molecule has 0 aliphatic heterocycles. The maximum Gasteiger partial charge on any atom is 0.269 e. The van der Waals surface area contributed by atoms with Gasteiger partial charge in [0.15, 0.2) is 0 Å². The largest absolute Gasteiger partial charge is 0.383 e. The smallest absolute Gasteiger partial charge is 0.269 e. The molecule has 1 heterocycles. The fraction of sp³-hybridized carbons (Fsp3) is 0.333. The van der Waals surface area contributed by atoms with Crippen molar-refractivity contribution in [3.63, 3.8) is 0 Å². The van der Waals surface area contributed by atoms with Crippen LogP contribution in [0.3, 0.4) is 0 Å². The molecule has 1 N–H and O–H groups in total. The molecule has 0 radical (unpaired) electrons. The van der Waals surface area contributed by atoms with Crippen LogP contribution in [-0.4, -0.2) is 16.3 Å². The van der Waals surface area contributed by atoms with Crippen LogP contribution in [0.1, 0.15) is 19.4 Å². The molecule has 0 saturated heterocycles. The van der Waals surface area contributed by atoms with Gasteiger partial charge in [-0.2, -0.15) is 5.10 Å². The van der Waals surface area contributed by atoms with E-state index >= 15 is 0 Å². The number of hydrogen-bond acceptors (Lipinski definition) is 3. The lowest BCUT2D eigenvalue weighted by Gasteiger charge is -2.10. The first-order chi connectivity index (χ1) is 9.95. The van der Waals surface area contributed by atoms with Gasteiger partial charge in [-0.05, 0) is 23.6 Å². The van der Waals surface area contributed by atoms with E-state index in [9.17, 15) is 9.18 Å². The van der Waals surface area contributed by atoms with E-state index in [-0.39, 0.29) is 17.1 Å². The van der Waals surface area contributed by atoms with Crippen molar-refractivity contribution >= 4 is 17.3 Å². The average Bonchev–Trinajstić information content (AvgIpc) is 2.42. The first-order valence-corrected chi connectivity index (χ1v) is 7.08. The van der Waals surface area contributed by atoms with Crippen LogP contribution < -0.4 is 10.9 Å². The molecule has 1 aromatic carbocycles. The SMILES string of the molecule is CC(C)CNc1cnn(Cc2ccc(F)cc2Cl)c(=O)c1. The summed E-state index contributed by atoms with van der Waals surface area (Å²) >= 11 is 5.95. The minimum atomic E-state index is -0.405. The molecule has 4 nitrogen and oxygen atoms in total. The van der Waals surface area contributed by atoms with Gasteiger partial charge < -0.3 is 5.32 Å². The van der Waals surface area contributed by atoms with Gasteiger partial charge in [0.25, 0.3) is 5.56 Å². The van der Waals surface area contributed by atoms with Crippen molar-refractivity contribution in [2.24, 2.45) is 5.92 Å². The molecular weight excluding hydrogens is 293 g/mol. The summed E-state index contributed by atoms with van der Waals surface area (Å²) in [7, 11) is 0. The predicted molar refractivity (Wildman–Crippen MR) is 82.3 cm³/mol. The highest BCUT2D eigenvalue weighted by Crippen LogP contribution is 2.17. The Morgan fingerprint density at radius 2 is 2.14 bits per heavy atom. The number of benzene rings is 1. The summed E-state index contributed by atoms with van der Waals surface area (Å²) in [6, 6.07) is 5.58. The van der Waals surface area contributed by atoms with E-state index in [1.165, 1.54) is 22.9 Å². The van der Waals surface area contributed by atoms with Gasteiger partial charge in [0, 0.05) is 17.6 Å². The van der Waals surface area contributed by atoms with Crippen LogP contribution >= 0.6 is 11.6 Å². The molecule has 0 amide bonds. The van der Waals surface area contributed by atoms with E-state index in [0.29, 0.717) is 17.2 Å². The van der Waals surface area contributed by atoms with E-state index in [0.717, 1.165) is 6.54 Å². The molecule has 2 rings (SSSR count). The second-order valence-electron chi connectivity index (χ2n) is 5.25. The number of nitrogens with zero attached hydrogens (tertiary/aromatic N) is 2. The zero-order valence-electron chi connectivity index (χ0n) is 11.9. The third kappa shape index (κ3) is 4.29. The molecule has 0 spiro atoms. The summed E-state index contributed by atoms with van der Waals surface area (Å²) in [6.07, 6.45) is 1.60. The quantitative estimate of drug-likeness (QED) is 0.923. The van der Waals surface area contributed by atoms with Crippen molar-refractivity contribution in [1.29, 1.82) is 0 Å². The van der Waals surface area contributed by atoms with E-state index in [4.69, 9.17) is 11.6 Å². The fourth-order valence-corrected chi connectivity index (χ4v) is 2.01. The highest BCUT2D eigenvalue weighted by atomic mass is 35.5. The lowest BCUT2D eigenvalue weighted by atomic mass is 10.2. The third-order valence-corrected chi connectivity index (χ3v) is 3.27. The zero-order chi connectivity index (χ0) is 15.4. The first-order valence-electron chi connectivity index (χ1n) is 6.70. The number of hydrogen-bond donors (Lipinski definition) is 1. The number of nitrogens with one attached hydrogen (secondary N) is 1. The number of anilines is 1. The average molecular weight is 310 g/mol. The van der Waals surface area contributed by atoms with E-state index < -0.39 is 5.82 Å². The molecule has 6 heteroatoms. The summed E-state index contributed by atoms with van der Waals surface area (Å²) in [5.41, 5.74) is 1.11. The topological polar surface area (TPSA) is 46.9 Å². The van der Waals surface area contributed by atoms with Crippen molar-refractivity contribution in [1.82, 2.24) is 9.78 Å². The van der Waals surface area contributed by atoms with Crippen LogP contribution in [-0.2, 0) is 6.54 Å². The van der Waals surface area contributed by atoms with Crippen molar-refractivity contribution in [3.8, 4) is 0 Å². The summed E-state index contributed by atoms with van der Waals surface area (Å²) in [5, 5.41) is 7.53. The van der Waals surface area contributed by atoms with Crippen molar-refractivity contribution in [2.75, 3.05) is 11.9 Å². The van der Waals surface area contributed by atoms with Crippen LogP contribution in [0.15, 0.2) is 35.3 Å². The Kier molecular flexibility index (Phi) is 4.96. The second-order valence-corrected chi connectivity index (χ2v) is 5.66. The summed E-state index contributed by atoms with van der Waals surface area (Å²) < 4.78 is 14.3. The summed E-state index contributed by atoms with van der Waals surface area (Å²) in [5.74, 6) is 0.0720. The third-order valence-electron chi connectivity index (χ3n) is 2.92. The van der Waals surface area contributed by atoms with Gasteiger partial charge in [-0.3, -0.25) is 4.79 Å². The van der Waals surface area contributed by atoms with Crippen molar-refractivity contribution in [2.45, 2.75) is 20.4 Å². The van der Waals surface area contributed by atoms with Crippen LogP contribution in [0.4, 0.5) is 10.1 Å². The van der Waals surface area contributed by atoms with Gasteiger partial charge in [-0.15, -0.1) is 0 Å². The molecule has 0 aliphatic carbocycles. The normalized spacial score (nSPS) is 10.9. The Labute approximate surface area is 127 Å². The number of aromatic nitrogens is 2. The maximum atomic E-state index is 13.0. The Bertz CT molecular complexity index is 685. The molecule has 1 aromatic heterocycles.